The topological polar surface area (TPSA) is 63.3 Å². The van der Waals surface area contributed by atoms with E-state index in [1.54, 1.807) is 10.4 Å². The van der Waals surface area contributed by atoms with Crippen molar-refractivity contribution in [2.45, 2.75) is 31.7 Å². The van der Waals surface area contributed by atoms with Crippen molar-refractivity contribution in [3.8, 4) is 17.2 Å². The van der Waals surface area contributed by atoms with Gasteiger partial charge >= 0.3 is 6.18 Å². The summed E-state index contributed by atoms with van der Waals surface area (Å²) in [6, 6.07) is 5.60. The Bertz CT molecular complexity index is 1310. The third-order valence-corrected chi connectivity index (χ3v) is 7.51. The van der Waals surface area contributed by atoms with Crippen LogP contribution >= 0.6 is 12.1 Å². The lowest BCUT2D eigenvalue weighted by atomic mass is 9.96. The van der Waals surface area contributed by atoms with E-state index < -0.39 is 42.8 Å². The van der Waals surface area contributed by atoms with E-state index >= 15 is 4.39 Å². The molecule has 43 heavy (non-hydrogen) atoms. The molecule has 1 saturated heterocycles. The highest BCUT2D eigenvalue weighted by molar-refractivity contribution is 7.95. The molecule has 2 aliphatic heterocycles. The summed E-state index contributed by atoms with van der Waals surface area (Å²) in [5.41, 5.74) is -0.0371. The number of rotatable bonds is 12. The largest absolute Gasteiger partial charge is 0.489 e. The first-order valence-corrected chi connectivity index (χ1v) is 14.4. The highest BCUT2D eigenvalue weighted by Gasteiger charge is 2.35. The molecule has 2 aliphatic rings. The van der Waals surface area contributed by atoms with E-state index in [1.807, 2.05) is 14.1 Å². The Morgan fingerprint density at radius 2 is 1.98 bits per heavy atom. The summed E-state index contributed by atoms with van der Waals surface area (Å²) in [7, 11) is 3.68. The molecule has 236 valence electrons. The van der Waals surface area contributed by atoms with Crippen molar-refractivity contribution >= 4 is 24.1 Å². The van der Waals surface area contributed by atoms with Crippen LogP contribution in [0.25, 0.3) is 6.08 Å². The zero-order valence-electron chi connectivity index (χ0n) is 23.7. The molecule has 2 aromatic rings. The highest BCUT2D eigenvalue weighted by atomic mass is 32.2. The average molecular weight is 634 g/mol. The van der Waals surface area contributed by atoms with Gasteiger partial charge in [0.1, 0.15) is 49.6 Å². The van der Waals surface area contributed by atoms with Gasteiger partial charge in [-0.15, -0.1) is 0 Å². The normalized spacial score (nSPS) is 17.3. The van der Waals surface area contributed by atoms with Gasteiger partial charge in [-0.3, -0.25) is 14.4 Å². The summed E-state index contributed by atoms with van der Waals surface area (Å²) < 4.78 is 102. The first-order valence-electron chi connectivity index (χ1n) is 13.6. The zero-order chi connectivity index (χ0) is 31.1. The second-order valence-electron chi connectivity index (χ2n) is 10.5. The second kappa shape index (κ2) is 14.6. The average Bonchev–Trinajstić information content (AvgIpc) is 2.97. The quantitative estimate of drug-likeness (QED) is 0.233. The van der Waals surface area contributed by atoms with Crippen LogP contribution in [0.5, 0.6) is 17.2 Å². The van der Waals surface area contributed by atoms with Crippen molar-refractivity contribution in [3.05, 3.63) is 58.4 Å². The maximum absolute atomic E-state index is 15.1. The fraction of sp³-hybridized carbons (Fsp3) is 0.483. The van der Waals surface area contributed by atoms with Crippen LogP contribution in [0, 0.1) is 11.7 Å². The van der Waals surface area contributed by atoms with Gasteiger partial charge in [0.05, 0.1) is 17.0 Å². The van der Waals surface area contributed by atoms with Gasteiger partial charge in [0.25, 0.3) is 0 Å². The molecule has 7 nitrogen and oxygen atoms in total. The van der Waals surface area contributed by atoms with Crippen LogP contribution in [0.4, 0.5) is 26.3 Å². The van der Waals surface area contributed by atoms with Gasteiger partial charge in [0.2, 0.25) is 5.91 Å². The summed E-state index contributed by atoms with van der Waals surface area (Å²) in [6.45, 7) is -0.802. The molecule has 0 aromatic heterocycles. The van der Waals surface area contributed by atoms with E-state index in [9.17, 15) is 26.7 Å². The van der Waals surface area contributed by atoms with Gasteiger partial charge in [-0.05, 0) is 62.8 Å². The number of carbonyl (C=O) groups is 1. The highest BCUT2D eigenvalue weighted by Crippen LogP contribution is 2.38. The number of alkyl halides is 5. The molecule has 0 saturated carbocycles. The van der Waals surface area contributed by atoms with Gasteiger partial charge in [-0.25, -0.2) is 17.5 Å². The Balaban J connectivity index is 1.40. The van der Waals surface area contributed by atoms with Gasteiger partial charge in [-0.1, -0.05) is 6.07 Å². The Kier molecular flexibility index (Phi) is 11.1. The van der Waals surface area contributed by atoms with E-state index in [4.69, 9.17) is 14.2 Å². The van der Waals surface area contributed by atoms with Crippen molar-refractivity contribution in [3.63, 3.8) is 0 Å². The van der Waals surface area contributed by atoms with Gasteiger partial charge in [-0.2, -0.15) is 13.2 Å². The number of fused-ring (bicyclic) bond motifs is 1. The monoisotopic (exact) mass is 633 g/mol. The SMILES string of the molecule is CN(C)SNC(=O)C1CCCN(CC2=Cc3c(F)cc(OCc4ccc(OC(CF)CF)c(C(F)(F)F)c4)cc3OC2)C1. The minimum absolute atomic E-state index is 0.0256. The standard InChI is InChI=1S/C29H33F6N3O4S/c1-37(2)43-36-28(39)20-4-3-7-38(15-20)14-19-8-23-25(32)10-21(11-27(23)41-17-19)40-16-18-5-6-26(42-22(12-30)13-31)24(9-18)29(33,34)35/h5-6,8-11,20,22H,3-4,7,12-17H2,1-2H3,(H,36,39). The number of piperidine rings is 1. The van der Waals surface area contributed by atoms with Crippen LogP contribution in [0.1, 0.15) is 29.5 Å². The molecule has 4 rings (SSSR count). The predicted octanol–water partition coefficient (Wildman–Crippen LogP) is 5.84. The third-order valence-electron chi connectivity index (χ3n) is 6.85. The second-order valence-corrected chi connectivity index (χ2v) is 11.6. The fourth-order valence-corrected chi connectivity index (χ4v) is 5.22. The molecular formula is C29H33F6N3O4S. The fourth-order valence-electron chi connectivity index (χ4n) is 4.78. The van der Waals surface area contributed by atoms with Gasteiger partial charge in [0, 0.05) is 37.4 Å². The number of nitrogens with zero attached hydrogens (tertiary/aromatic N) is 2. The molecule has 2 aromatic carbocycles. The third kappa shape index (κ3) is 8.96. The summed E-state index contributed by atoms with van der Waals surface area (Å²) in [5.74, 6) is -1.20. The van der Waals surface area contributed by atoms with Crippen molar-refractivity contribution in [2.24, 2.45) is 5.92 Å². The number of nitrogens with one attached hydrogen (secondary N) is 1. The predicted molar refractivity (Wildman–Crippen MR) is 151 cm³/mol. The maximum atomic E-state index is 15.1. The number of hydrogen-bond acceptors (Lipinski definition) is 7. The lowest BCUT2D eigenvalue weighted by Crippen LogP contribution is -2.43. The Morgan fingerprint density at radius 1 is 1.21 bits per heavy atom. The van der Waals surface area contributed by atoms with E-state index in [-0.39, 0.29) is 47.7 Å². The molecule has 0 aliphatic carbocycles. The van der Waals surface area contributed by atoms with Crippen molar-refractivity contribution in [2.75, 3.05) is 53.7 Å². The summed E-state index contributed by atoms with van der Waals surface area (Å²) in [4.78, 5) is 14.6. The van der Waals surface area contributed by atoms with E-state index in [1.165, 1.54) is 24.3 Å². The molecule has 14 heteroatoms. The van der Waals surface area contributed by atoms with Gasteiger partial charge in [0.15, 0.2) is 6.10 Å². The number of amides is 1. The number of halogens is 6. The molecule has 1 amide bonds. The molecule has 1 N–H and O–H groups in total. The molecule has 2 heterocycles. The number of benzene rings is 2. The number of carbonyl (C=O) groups excluding carboxylic acids is 1. The van der Waals surface area contributed by atoms with Crippen LogP contribution in [0.15, 0.2) is 35.9 Å². The summed E-state index contributed by atoms with van der Waals surface area (Å²) >= 11 is 1.23. The van der Waals surface area contributed by atoms with Gasteiger partial charge < -0.3 is 14.2 Å². The molecule has 1 unspecified atom stereocenters. The van der Waals surface area contributed by atoms with Crippen molar-refractivity contribution in [1.29, 1.82) is 0 Å². The molecule has 0 spiro atoms. The first-order chi connectivity index (χ1) is 20.5. The van der Waals surface area contributed by atoms with E-state index in [0.29, 0.717) is 13.1 Å². The van der Waals surface area contributed by atoms with Crippen molar-refractivity contribution in [1.82, 2.24) is 13.9 Å². The van der Waals surface area contributed by atoms with E-state index in [0.717, 1.165) is 43.2 Å². The first kappa shape index (κ1) is 32.8. The van der Waals surface area contributed by atoms with Crippen LogP contribution in [-0.2, 0) is 17.6 Å². The number of ether oxygens (including phenoxy) is 3. The molecule has 1 atom stereocenters. The van der Waals surface area contributed by atoms with Crippen LogP contribution in [0.3, 0.4) is 0 Å². The minimum atomic E-state index is -4.84. The molecular weight excluding hydrogens is 600 g/mol. The number of likely N-dealkylation sites (tertiary alicyclic amines) is 1. The van der Waals surface area contributed by atoms with Crippen LogP contribution in [-0.4, -0.2) is 74.9 Å². The minimum Gasteiger partial charge on any atom is -0.489 e. The maximum Gasteiger partial charge on any atom is 0.419 e. The van der Waals surface area contributed by atoms with E-state index in [2.05, 4.69) is 9.62 Å². The molecule has 0 radical (unpaired) electrons. The van der Waals surface area contributed by atoms with Crippen LogP contribution < -0.4 is 18.9 Å². The smallest absolute Gasteiger partial charge is 0.419 e. The molecule has 0 bridgehead atoms. The Hall–Kier alpha value is -3.10. The van der Waals surface area contributed by atoms with Crippen LogP contribution in [0.2, 0.25) is 0 Å². The zero-order valence-corrected chi connectivity index (χ0v) is 24.5. The summed E-state index contributed by atoms with van der Waals surface area (Å²) in [6.07, 6.45) is -3.13. The number of hydrogen-bond donors (Lipinski definition) is 1. The Labute approximate surface area is 250 Å². The Morgan fingerprint density at radius 3 is 2.67 bits per heavy atom. The summed E-state index contributed by atoms with van der Waals surface area (Å²) in [5, 5.41) is 0. The molecule has 1 fully saturated rings. The lowest BCUT2D eigenvalue weighted by molar-refractivity contribution is -0.139. The lowest BCUT2D eigenvalue weighted by Gasteiger charge is -2.33. The van der Waals surface area contributed by atoms with Crippen molar-refractivity contribution < 1.29 is 45.3 Å².